The number of hydrogen-bond acceptors (Lipinski definition) is 3. The lowest BCUT2D eigenvalue weighted by Crippen LogP contribution is -2.41. The number of carboxylic acids is 1. The molecule has 0 aliphatic carbocycles. The van der Waals surface area contributed by atoms with Gasteiger partial charge >= 0.3 is 5.97 Å². The SMILES string of the molecule is NC(=O)CCC(NC(=O)c1ccc(F)c(F)c1)C(=O)O. The van der Waals surface area contributed by atoms with Crippen LogP contribution in [-0.4, -0.2) is 28.9 Å². The summed E-state index contributed by atoms with van der Waals surface area (Å²) in [4.78, 5) is 33.2. The van der Waals surface area contributed by atoms with Gasteiger partial charge in [-0.05, 0) is 24.6 Å². The summed E-state index contributed by atoms with van der Waals surface area (Å²) in [7, 11) is 0. The Balaban J connectivity index is 2.77. The molecule has 0 saturated heterocycles. The van der Waals surface area contributed by atoms with Crippen molar-refractivity contribution in [3.8, 4) is 0 Å². The van der Waals surface area contributed by atoms with Crippen molar-refractivity contribution in [3.05, 3.63) is 35.4 Å². The number of rotatable bonds is 6. The number of carbonyl (C=O) groups is 3. The summed E-state index contributed by atoms with van der Waals surface area (Å²) in [6, 6.07) is 1.07. The number of primary amides is 1. The lowest BCUT2D eigenvalue weighted by Gasteiger charge is -2.13. The molecule has 0 bridgehead atoms. The highest BCUT2D eigenvalue weighted by Crippen LogP contribution is 2.09. The molecule has 6 nitrogen and oxygen atoms in total. The summed E-state index contributed by atoms with van der Waals surface area (Å²) in [6.45, 7) is 0. The Labute approximate surface area is 112 Å². The molecule has 0 radical (unpaired) electrons. The topological polar surface area (TPSA) is 109 Å². The number of carbonyl (C=O) groups excluding carboxylic acids is 2. The van der Waals surface area contributed by atoms with Gasteiger partial charge in [-0.1, -0.05) is 0 Å². The number of aliphatic carboxylic acids is 1. The first-order valence-corrected chi connectivity index (χ1v) is 5.58. The Morgan fingerprint density at radius 1 is 1.25 bits per heavy atom. The van der Waals surface area contributed by atoms with E-state index in [1.165, 1.54) is 0 Å². The van der Waals surface area contributed by atoms with Crippen LogP contribution in [0.15, 0.2) is 18.2 Å². The van der Waals surface area contributed by atoms with Crippen LogP contribution in [0.2, 0.25) is 0 Å². The predicted octanol–water partition coefficient (Wildman–Crippen LogP) is 0.413. The largest absolute Gasteiger partial charge is 0.480 e. The smallest absolute Gasteiger partial charge is 0.326 e. The van der Waals surface area contributed by atoms with Gasteiger partial charge < -0.3 is 16.2 Å². The van der Waals surface area contributed by atoms with E-state index in [4.69, 9.17) is 10.8 Å². The highest BCUT2D eigenvalue weighted by atomic mass is 19.2. The molecule has 0 fully saturated rings. The quantitative estimate of drug-likeness (QED) is 0.703. The maximum absolute atomic E-state index is 13.0. The Bertz CT molecular complexity index is 548. The van der Waals surface area contributed by atoms with E-state index in [0.717, 1.165) is 12.1 Å². The van der Waals surface area contributed by atoms with Crippen molar-refractivity contribution in [2.75, 3.05) is 0 Å². The van der Waals surface area contributed by atoms with Crippen LogP contribution in [0.3, 0.4) is 0 Å². The van der Waals surface area contributed by atoms with Crippen LogP contribution in [-0.2, 0) is 9.59 Å². The minimum absolute atomic E-state index is 0.194. The highest BCUT2D eigenvalue weighted by molar-refractivity contribution is 5.96. The van der Waals surface area contributed by atoms with E-state index < -0.39 is 35.5 Å². The van der Waals surface area contributed by atoms with Crippen molar-refractivity contribution < 1.29 is 28.3 Å². The standard InChI is InChI=1S/C12H12F2N2O4/c13-7-2-1-6(5-8(7)14)11(18)16-9(12(19)20)3-4-10(15)17/h1-2,5,9H,3-4H2,(H2,15,17)(H,16,18)(H,19,20). The van der Waals surface area contributed by atoms with E-state index in [0.29, 0.717) is 6.07 Å². The average molecular weight is 286 g/mol. The van der Waals surface area contributed by atoms with Gasteiger partial charge in [-0.15, -0.1) is 0 Å². The van der Waals surface area contributed by atoms with Crippen molar-refractivity contribution in [3.63, 3.8) is 0 Å². The second-order valence-electron chi connectivity index (χ2n) is 4.00. The fraction of sp³-hybridized carbons (Fsp3) is 0.250. The van der Waals surface area contributed by atoms with Crippen molar-refractivity contribution >= 4 is 17.8 Å². The summed E-state index contributed by atoms with van der Waals surface area (Å²) in [5.41, 5.74) is 4.66. The number of nitrogens with one attached hydrogen (secondary N) is 1. The van der Waals surface area contributed by atoms with Crippen LogP contribution >= 0.6 is 0 Å². The van der Waals surface area contributed by atoms with Gasteiger partial charge in [0.15, 0.2) is 11.6 Å². The molecule has 2 amide bonds. The van der Waals surface area contributed by atoms with E-state index in [9.17, 15) is 23.2 Å². The molecule has 20 heavy (non-hydrogen) atoms. The zero-order valence-corrected chi connectivity index (χ0v) is 10.2. The molecule has 1 rings (SSSR count). The molecule has 0 aromatic heterocycles. The monoisotopic (exact) mass is 286 g/mol. The molecule has 1 aromatic rings. The summed E-state index contributed by atoms with van der Waals surface area (Å²) >= 11 is 0. The average Bonchev–Trinajstić information content (AvgIpc) is 2.36. The molecule has 0 aliphatic rings. The first-order chi connectivity index (χ1) is 9.31. The van der Waals surface area contributed by atoms with Crippen molar-refractivity contribution in [2.24, 2.45) is 5.73 Å². The third-order valence-corrected chi connectivity index (χ3v) is 2.46. The Morgan fingerprint density at radius 3 is 2.40 bits per heavy atom. The molecule has 0 aliphatic heterocycles. The molecule has 0 spiro atoms. The number of hydrogen-bond donors (Lipinski definition) is 3. The van der Waals surface area contributed by atoms with Gasteiger partial charge in [0.05, 0.1) is 0 Å². The summed E-state index contributed by atoms with van der Waals surface area (Å²) < 4.78 is 25.7. The number of carboxylic acid groups (broad SMARTS) is 1. The van der Waals surface area contributed by atoms with Gasteiger partial charge in [-0.2, -0.15) is 0 Å². The Hall–Kier alpha value is -2.51. The third kappa shape index (κ3) is 4.30. The van der Waals surface area contributed by atoms with Crippen molar-refractivity contribution in [2.45, 2.75) is 18.9 Å². The number of benzene rings is 1. The number of halogens is 2. The maximum atomic E-state index is 13.0. The molecular weight excluding hydrogens is 274 g/mol. The normalized spacial score (nSPS) is 11.7. The molecule has 0 heterocycles. The molecular formula is C12H12F2N2O4. The first kappa shape index (κ1) is 15.5. The van der Waals surface area contributed by atoms with Crippen LogP contribution in [0, 0.1) is 11.6 Å². The van der Waals surface area contributed by atoms with Crippen molar-refractivity contribution in [1.82, 2.24) is 5.32 Å². The van der Waals surface area contributed by atoms with Crippen LogP contribution in [0.1, 0.15) is 23.2 Å². The number of amides is 2. The maximum Gasteiger partial charge on any atom is 0.326 e. The van der Waals surface area contributed by atoms with Gasteiger partial charge in [-0.3, -0.25) is 9.59 Å². The molecule has 8 heteroatoms. The second-order valence-corrected chi connectivity index (χ2v) is 4.00. The predicted molar refractivity (Wildman–Crippen MR) is 63.7 cm³/mol. The Kier molecular flexibility index (Phi) is 5.13. The first-order valence-electron chi connectivity index (χ1n) is 5.58. The van der Waals surface area contributed by atoms with Crippen LogP contribution in [0.25, 0.3) is 0 Å². The second kappa shape index (κ2) is 6.60. The molecule has 4 N–H and O–H groups in total. The van der Waals surface area contributed by atoms with Crippen LogP contribution < -0.4 is 11.1 Å². The van der Waals surface area contributed by atoms with Gasteiger partial charge in [-0.25, -0.2) is 13.6 Å². The zero-order chi connectivity index (χ0) is 15.3. The van der Waals surface area contributed by atoms with Crippen LogP contribution in [0.5, 0.6) is 0 Å². The fourth-order valence-corrected chi connectivity index (χ4v) is 1.42. The van der Waals surface area contributed by atoms with E-state index >= 15 is 0 Å². The van der Waals surface area contributed by atoms with E-state index in [1.807, 2.05) is 0 Å². The van der Waals surface area contributed by atoms with E-state index in [-0.39, 0.29) is 18.4 Å². The van der Waals surface area contributed by atoms with Gasteiger partial charge in [0.25, 0.3) is 5.91 Å². The summed E-state index contributed by atoms with van der Waals surface area (Å²) in [5.74, 6) is -5.30. The molecule has 1 unspecified atom stereocenters. The highest BCUT2D eigenvalue weighted by Gasteiger charge is 2.21. The molecule has 0 saturated carbocycles. The zero-order valence-electron chi connectivity index (χ0n) is 10.2. The van der Waals surface area contributed by atoms with E-state index in [1.54, 1.807) is 0 Å². The molecule has 1 aromatic carbocycles. The van der Waals surface area contributed by atoms with Crippen molar-refractivity contribution in [1.29, 1.82) is 0 Å². The van der Waals surface area contributed by atoms with Gasteiger partial charge in [0.2, 0.25) is 5.91 Å². The fourth-order valence-electron chi connectivity index (χ4n) is 1.42. The van der Waals surface area contributed by atoms with E-state index in [2.05, 4.69) is 5.32 Å². The minimum atomic E-state index is -1.36. The molecule has 108 valence electrons. The lowest BCUT2D eigenvalue weighted by atomic mass is 10.1. The molecule has 1 atom stereocenters. The third-order valence-electron chi connectivity index (χ3n) is 2.46. The summed E-state index contributed by atoms with van der Waals surface area (Å²) in [5, 5.41) is 11.0. The minimum Gasteiger partial charge on any atom is -0.480 e. The van der Waals surface area contributed by atoms with Crippen LogP contribution in [0.4, 0.5) is 8.78 Å². The number of nitrogens with two attached hydrogens (primary N) is 1. The van der Waals surface area contributed by atoms with Gasteiger partial charge in [0, 0.05) is 12.0 Å². The Morgan fingerprint density at radius 2 is 1.90 bits per heavy atom. The lowest BCUT2D eigenvalue weighted by molar-refractivity contribution is -0.139. The van der Waals surface area contributed by atoms with Gasteiger partial charge in [0.1, 0.15) is 6.04 Å². The summed E-state index contributed by atoms with van der Waals surface area (Å²) in [6.07, 6.45) is -0.422.